The maximum Gasteiger partial charge on any atom is 0.338 e. The number of ether oxygens (including phenoxy) is 2. The molecule has 2 aromatic carbocycles. The first-order valence-electron chi connectivity index (χ1n) is 9.52. The number of aromatic nitrogens is 1. The molecule has 0 spiro atoms. The second-order valence-corrected chi connectivity index (χ2v) is 6.34. The summed E-state index contributed by atoms with van der Waals surface area (Å²) in [5.41, 5.74) is 2.76. The lowest BCUT2D eigenvalue weighted by Crippen LogP contribution is -2.09. The molecule has 6 heteroatoms. The van der Waals surface area contributed by atoms with Crippen molar-refractivity contribution in [3.05, 3.63) is 95.8 Å². The predicted octanol–water partition coefficient (Wildman–Crippen LogP) is 4.49. The van der Waals surface area contributed by atoms with Gasteiger partial charge >= 0.3 is 5.97 Å². The number of hydrogen-bond donors (Lipinski definition) is 1. The number of pyridine rings is 1. The summed E-state index contributed by atoms with van der Waals surface area (Å²) in [6.45, 7) is 2.48. The van der Waals surface area contributed by atoms with Crippen molar-refractivity contribution in [3.8, 4) is 5.75 Å². The van der Waals surface area contributed by atoms with Gasteiger partial charge in [0.25, 0.3) is 0 Å². The highest BCUT2D eigenvalue weighted by atomic mass is 16.5. The highest BCUT2D eigenvalue weighted by molar-refractivity contribution is 6.02. The number of nitrogens with one attached hydrogen (secondary N) is 1. The highest BCUT2D eigenvalue weighted by Gasteiger charge is 2.07. The predicted molar refractivity (Wildman–Crippen MR) is 115 cm³/mol. The number of esters is 1. The van der Waals surface area contributed by atoms with Crippen LogP contribution in [-0.2, 0) is 16.1 Å². The number of hydrogen-bond acceptors (Lipinski definition) is 5. The fourth-order valence-electron chi connectivity index (χ4n) is 2.62. The highest BCUT2D eigenvalue weighted by Crippen LogP contribution is 2.16. The van der Waals surface area contributed by atoms with E-state index in [9.17, 15) is 9.59 Å². The van der Waals surface area contributed by atoms with Gasteiger partial charge in [0.2, 0.25) is 5.91 Å². The van der Waals surface area contributed by atoms with Crippen LogP contribution in [0.3, 0.4) is 0 Å². The van der Waals surface area contributed by atoms with Crippen LogP contribution in [0.2, 0.25) is 0 Å². The van der Waals surface area contributed by atoms with Crippen LogP contribution >= 0.6 is 0 Å². The average Bonchev–Trinajstić information content (AvgIpc) is 2.78. The molecule has 0 radical (unpaired) electrons. The average molecular weight is 402 g/mol. The zero-order valence-electron chi connectivity index (χ0n) is 16.6. The standard InChI is InChI=1S/C24H22N2O4/c1-2-29-24(28)20-6-3-7-21(15-20)26-23(27)13-10-18-8-11-22(12-9-18)30-17-19-5-4-14-25-16-19/h3-16H,2,17H2,1H3,(H,26,27)/b13-10+. The Labute approximate surface area is 175 Å². The van der Waals surface area contributed by atoms with Crippen LogP contribution in [0.15, 0.2) is 79.1 Å². The van der Waals surface area contributed by atoms with E-state index in [1.54, 1.807) is 49.7 Å². The van der Waals surface area contributed by atoms with Gasteiger partial charge in [0, 0.05) is 29.7 Å². The van der Waals surface area contributed by atoms with Crippen molar-refractivity contribution in [1.29, 1.82) is 0 Å². The van der Waals surface area contributed by atoms with E-state index in [4.69, 9.17) is 9.47 Å². The largest absolute Gasteiger partial charge is 0.489 e. The molecule has 0 saturated carbocycles. The van der Waals surface area contributed by atoms with Crippen LogP contribution in [0.4, 0.5) is 5.69 Å². The van der Waals surface area contributed by atoms with E-state index in [-0.39, 0.29) is 5.91 Å². The number of carbonyl (C=O) groups is 2. The van der Waals surface area contributed by atoms with Crippen LogP contribution in [0.5, 0.6) is 5.75 Å². The fourth-order valence-corrected chi connectivity index (χ4v) is 2.62. The Morgan fingerprint density at radius 1 is 1.07 bits per heavy atom. The Balaban J connectivity index is 1.53. The first-order chi connectivity index (χ1) is 14.6. The van der Waals surface area contributed by atoms with Crippen molar-refractivity contribution < 1.29 is 19.1 Å². The van der Waals surface area contributed by atoms with Gasteiger partial charge in [0.15, 0.2) is 0 Å². The lowest BCUT2D eigenvalue weighted by Gasteiger charge is -2.06. The molecule has 1 aromatic heterocycles. The number of amides is 1. The van der Waals surface area contributed by atoms with Crippen LogP contribution in [0.1, 0.15) is 28.4 Å². The molecule has 0 saturated heterocycles. The number of anilines is 1. The van der Waals surface area contributed by atoms with E-state index in [0.29, 0.717) is 24.5 Å². The smallest absolute Gasteiger partial charge is 0.338 e. The number of benzene rings is 2. The molecule has 0 fully saturated rings. The molecule has 0 aliphatic rings. The molecular weight excluding hydrogens is 380 g/mol. The molecule has 0 aliphatic carbocycles. The summed E-state index contributed by atoms with van der Waals surface area (Å²) >= 11 is 0. The molecule has 0 unspecified atom stereocenters. The first kappa shape index (κ1) is 20.8. The Morgan fingerprint density at radius 3 is 2.63 bits per heavy atom. The molecule has 1 heterocycles. The molecule has 1 amide bonds. The van der Waals surface area contributed by atoms with E-state index < -0.39 is 5.97 Å². The van der Waals surface area contributed by atoms with Gasteiger partial charge in [-0.25, -0.2) is 4.79 Å². The van der Waals surface area contributed by atoms with Gasteiger partial charge in [0.1, 0.15) is 12.4 Å². The van der Waals surface area contributed by atoms with Crippen LogP contribution in [0, 0.1) is 0 Å². The van der Waals surface area contributed by atoms with Crippen molar-refractivity contribution in [1.82, 2.24) is 4.98 Å². The molecule has 3 aromatic rings. The molecule has 0 atom stereocenters. The molecule has 3 rings (SSSR count). The topological polar surface area (TPSA) is 77.5 Å². The normalized spacial score (nSPS) is 10.6. The van der Waals surface area contributed by atoms with E-state index >= 15 is 0 Å². The van der Waals surface area contributed by atoms with Crippen LogP contribution in [-0.4, -0.2) is 23.5 Å². The Hall–Kier alpha value is -3.93. The SMILES string of the molecule is CCOC(=O)c1cccc(NC(=O)/C=C/c2ccc(OCc3cccnc3)cc2)c1. The third kappa shape index (κ3) is 6.31. The summed E-state index contributed by atoms with van der Waals surface area (Å²) in [6.07, 6.45) is 6.62. The summed E-state index contributed by atoms with van der Waals surface area (Å²) in [6, 6.07) is 17.9. The second-order valence-electron chi connectivity index (χ2n) is 6.34. The summed E-state index contributed by atoms with van der Waals surface area (Å²) in [4.78, 5) is 28.0. The van der Waals surface area contributed by atoms with Gasteiger partial charge in [-0.2, -0.15) is 0 Å². The van der Waals surface area contributed by atoms with E-state index in [1.165, 1.54) is 6.08 Å². The van der Waals surface area contributed by atoms with E-state index in [0.717, 1.165) is 16.9 Å². The third-order valence-electron chi connectivity index (χ3n) is 4.08. The molecule has 30 heavy (non-hydrogen) atoms. The summed E-state index contributed by atoms with van der Waals surface area (Å²) in [5, 5.41) is 2.74. The van der Waals surface area contributed by atoms with Crippen molar-refractivity contribution in [3.63, 3.8) is 0 Å². The summed E-state index contributed by atoms with van der Waals surface area (Å²) in [7, 11) is 0. The summed E-state index contributed by atoms with van der Waals surface area (Å²) in [5.74, 6) is 0.0131. The minimum Gasteiger partial charge on any atom is -0.489 e. The van der Waals surface area contributed by atoms with E-state index in [2.05, 4.69) is 10.3 Å². The molecule has 6 nitrogen and oxygen atoms in total. The minimum absolute atomic E-state index is 0.297. The van der Waals surface area contributed by atoms with E-state index in [1.807, 2.05) is 36.4 Å². The number of rotatable bonds is 8. The van der Waals surface area contributed by atoms with Crippen molar-refractivity contribution in [2.75, 3.05) is 11.9 Å². The van der Waals surface area contributed by atoms with Crippen molar-refractivity contribution >= 4 is 23.6 Å². The van der Waals surface area contributed by atoms with Gasteiger partial charge in [-0.05, 0) is 55.0 Å². The quantitative estimate of drug-likeness (QED) is 0.444. The summed E-state index contributed by atoms with van der Waals surface area (Å²) < 4.78 is 10.7. The van der Waals surface area contributed by atoms with Crippen LogP contribution < -0.4 is 10.1 Å². The van der Waals surface area contributed by atoms with Gasteiger partial charge in [-0.1, -0.05) is 24.3 Å². The second kappa shape index (κ2) is 10.6. The van der Waals surface area contributed by atoms with Gasteiger partial charge in [0.05, 0.1) is 12.2 Å². The van der Waals surface area contributed by atoms with Gasteiger partial charge in [-0.3, -0.25) is 9.78 Å². The minimum atomic E-state index is -0.421. The molecular formula is C24H22N2O4. The molecule has 0 bridgehead atoms. The van der Waals surface area contributed by atoms with Crippen LogP contribution in [0.25, 0.3) is 6.08 Å². The maximum atomic E-state index is 12.2. The molecule has 0 aliphatic heterocycles. The van der Waals surface area contributed by atoms with Gasteiger partial charge in [-0.15, -0.1) is 0 Å². The zero-order valence-corrected chi connectivity index (χ0v) is 16.6. The Morgan fingerprint density at radius 2 is 1.90 bits per heavy atom. The fraction of sp³-hybridized carbons (Fsp3) is 0.125. The first-order valence-corrected chi connectivity index (χ1v) is 9.52. The Bertz CT molecular complexity index is 1010. The van der Waals surface area contributed by atoms with Gasteiger partial charge < -0.3 is 14.8 Å². The number of nitrogens with zero attached hydrogens (tertiary/aromatic N) is 1. The monoisotopic (exact) mass is 402 g/mol. The lowest BCUT2D eigenvalue weighted by atomic mass is 10.2. The number of carbonyl (C=O) groups excluding carboxylic acids is 2. The van der Waals surface area contributed by atoms with Crippen molar-refractivity contribution in [2.24, 2.45) is 0 Å². The zero-order chi connectivity index (χ0) is 21.2. The van der Waals surface area contributed by atoms with Crippen molar-refractivity contribution in [2.45, 2.75) is 13.5 Å². The third-order valence-corrected chi connectivity index (χ3v) is 4.08. The Kier molecular flexibility index (Phi) is 7.33. The molecule has 152 valence electrons. The molecule has 1 N–H and O–H groups in total. The maximum absolute atomic E-state index is 12.2. The lowest BCUT2D eigenvalue weighted by molar-refractivity contribution is -0.111.